The van der Waals surface area contributed by atoms with E-state index in [2.05, 4.69) is 22.1 Å². The number of nitrogens with one attached hydrogen (secondary N) is 1. The first kappa shape index (κ1) is 19.0. The summed E-state index contributed by atoms with van der Waals surface area (Å²) in [6, 6.07) is 7.61. The van der Waals surface area contributed by atoms with E-state index in [1.54, 1.807) is 0 Å². The molecular formula is C20H26ClN7. The lowest BCUT2D eigenvalue weighted by molar-refractivity contribution is 0.384. The molecule has 4 rings (SSSR count). The van der Waals surface area contributed by atoms with E-state index in [-0.39, 0.29) is 0 Å². The number of benzene rings is 1. The van der Waals surface area contributed by atoms with Crippen molar-refractivity contribution in [1.82, 2.24) is 19.5 Å². The van der Waals surface area contributed by atoms with Crippen LogP contribution in [0.4, 0.5) is 17.5 Å². The van der Waals surface area contributed by atoms with Crippen LogP contribution in [-0.4, -0.2) is 39.2 Å². The topological polar surface area (TPSA) is 84.9 Å². The van der Waals surface area contributed by atoms with Gasteiger partial charge in [-0.05, 0) is 56.8 Å². The Hall–Kier alpha value is -2.38. The van der Waals surface area contributed by atoms with Gasteiger partial charge in [0.05, 0.1) is 6.33 Å². The summed E-state index contributed by atoms with van der Waals surface area (Å²) >= 11 is 6.14. The number of hydrogen-bond acceptors (Lipinski definition) is 6. The third kappa shape index (κ3) is 3.91. The third-order valence-electron chi connectivity index (χ3n) is 5.35. The SMILES string of the molecule is CCn1cnc2c(Nc3cccc(Cl)c3)nc(N3CCC(CCN)CC3)nc21. The largest absolute Gasteiger partial charge is 0.341 e. The third-order valence-corrected chi connectivity index (χ3v) is 5.59. The standard InChI is InChI=1S/C20H26ClN7/c1-2-27-13-23-17-18(24-16-5-3-4-15(21)12-16)25-20(26-19(17)27)28-10-7-14(6-9-22)8-11-28/h3-5,12-14H,2,6-11,22H2,1H3,(H,24,25,26). The molecule has 0 saturated carbocycles. The fourth-order valence-corrected chi connectivity index (χ4v) is 3.94. The predicted octanol–water partition coefficient (Wildman–Crippen LogP) is 3.81. The average Bonchev–Trinajstić information content (AvgIpc) is 3.12. The van der Waals surface area contributed by atoms with E-state index >= 15 is 0 Å². The van der Waals surface area contributed by atoms with Crippen molar-refractivity contribution in [2.45, 2.75) is 32.7 Å². The maximum absolute atomic E-state index is 6.14. The van der Waals surface area contributed by atoms with E-state index in [4.69, 9.17) is 27.3 Å². The minimum Gasteiger partial charge on any atom is -0.341 e. The van der Waals surface area contributed by atoms with Gasteiger partial charge in [0.1, 0.15) is 0 Å². The van der Waals surface area contributed by atoms with Gasteiger partial charge in [0.25, 0.3) is 0 Å². The Kier molecular flexibility index (Phi) is 5.64. The van der Waals surface area contributed by atoms with Crippen LogP contribution in [0.5, 0.6) is 0 Å². The van der Waals surface area contributed by atoms with E-state index in [0.717, 1.165) is 68.2 Å². The second-order valence-electron chi connectivity index (χ2n) is 7.22. The molecule has 0 aliphatic carbocycles. The molecule has 0 radical (unpaired) electrons. The van der Waals surface area contributed by atoms with Crippen LogP contribution in [0.1, 0.15) is 26.2 Å². The normalized spacial score (nSPS) is 15.3. The second kappa shape index (κ2) is 8.32. The Morgan fingerprint density at radius 2 is 2.07 bits per heavy atom. The first-order chi connectivity index (χ1) is 13.7. The van der Waals surface area contributed by atoms with Crippen LogP contribution in [0.25, 0.3) is 11.2 Å². The minimum atomic E-state index is 0.677. The predicted molar refractivity (Wildman–Crippen MR) is 114 cm³/mol. The number of hydrogen-bond donors (Lipinski definition) is 2. The maximum Gasteiger partial charge on any atom is 0.229 e. The van der Waals surface area contributed by atoms with E-state index in [9.17, 15) is 0 Å². The van der Waals surface area contributed by atoms with Crippen LogP contribution in [0.3, 0.4) is 0 Å². The Morgan fingerprint density at radius 3 is 2.79 bits per heavy atom. The average molecular weight is 400 g/mol. The number of aryl methyl sites for hydroxylation is 1. The summed E-state index contributed by atoms with van der Waals surface area (Å²) < 4.78 is 2.05. The summed E-state index contributed by atoms with van der Waals surface area (Å²) in [5.74, 6) is 2.16. The first-order valence-electron chi connectivity index (χ1n) is 9.88. The summed E-state index contributed by atoms with van der Waals surface area (Å²) in [6.07, 6.45) is 5.17. The van der Waals surface area contributed by atoms with E-state index in [1.165, 1.54) is 0 Å². The van der Waals surface area contributed by atoms with Gasteiger partial charge in [-0.3, -0.25) is 0 Å². The molecule has 0 atom stereocenters. The van der Waals surface area contributed by atoms with Gasteiger partial charge in [-0.15, -0.1) is 0 Å². The molecule has 1 aliphatic heterocycles. The number of aromatic nitrogens is 4. The Labute approximate surface area is 169 Å². The molecule has 28 heavy (non-hydrogen) atoms. The van der Waals surface area contributed by atoms with Crippen LogP contribution in [-0.2, 0) is 6.54 Å². The van der Waals surface area contributed by atoms with Crippen molar-refractivity contribution in [2.24, 2.45) is 11.7 Å². The van der Waals surface area contributed by atoms with Crippen LogP contribution >= 0.6 is 11.6 Å². The van der Waals surface area contributed by atoms with E-state index in [1.807, 2.05) is 35.2 Å². The monoisotopic (exact) mass is 399 g/mol. The number of nitrogens with zero attached hydrogens (tertiary/aromatic N) is 5. The number of anilines is 3. The minimum absolute atomic E-state index is 0.677. The van der Waals surface area contributed by atoms with Crippen molar-refractivity contribution in [2.75, 3.05) is 29.9 Å². The van der Waals surface area contributed by atoms with Crippen LogP contribution in [0.2, 0.25) is 5.02 Å². The van der Waals surface area contributed by atoms with Gasteiger partial charge in [0.2, 0.25) is 5.95 Å². The summed E-state index contributed by atoms with van der Waals surface area (Å²) in [7, 11) is 0. The van der Waals surface area contributed by atoms with E-state index in [0.29, 0.717) is 16.8 Å². The van der Waals surface area contributed by atoms with Gasteiger partial charge in [0, 0.05) is 30.3 Å². The van der Waals surface area contributed by atoms with Gasteiger partial charge in [-0.2, -0.15) is 9.97 Å². The van der Waals surface area contributed by atoms with Gasteiger partial charge in [-0.1, -0.05) is 17.7 Å². The number of fused-ring (bicyclic) bond motifs is 1. The molecule has 3 aromatic rings. The molecule has 148 valence electrons. The van der Waals surface area contributed by atoms with Crippen molar-refractivity contribution in [3.8, 4) is 0 Å². The van der Waals surface area contributed by atoms with Gasteiger partial charge in [-0.25, -0.2) is 4.98 Å². The summed E-state index contributed by atoms with van der Waals surface area (Å²) in [6.45, 7) is 5.56. The van der Waals surface area contributed by atoms with E-state index < -0.39 is 0 Å². The molecule has 0 amide bonds. The van der Waals surface area contributed by atoms with Gasteiger partial charge in [0.15, 0.2) is 17.0 Å². The fraction of sp³-hybridized carbons (Fsp3) is 0.450. The zero-order chi connectivity index (χ0) is 19.5. The van der Waals surface area contributed by atoms with Gasteiger partial charge < -0.3 is 20.5 Å². The molecule has 3 heterocycles. The van der Waals surface area contributed by atoms with Gasteiger partial charge >= 0.3 is 0 Å². The number of piperidine rings is 1. The highest BCUT2D eigenvalue weighted by atomic mass is 35.5. The molecular weight excluding hydrogens is 374 g/mol. The first-order valence-corrected chi connectivity index (χ1v) is 10.3. The smallest absolute Gasteiger partial charge is 0.229 e. The van der Waals surface area contributed by atoms with Crippen molar-refractivity contribution >= 4 is 40.2 Å². The second-order valence-corrected chi connectivity index (χ2v) is 7.65. The molecule has 1 aliphatic rings. The number of halogens is 1. The van der Waals surface area contributed by atoms with Crippen LogP contribution in [0.15, 0.2) is 30.6 Å². The quantitative estimate of drug-likeness (QED) is 0.655. The summed E-state index contributed by atoms with van der Waals surface area (Å²) in [4.78, 5) is 16.5. The number of imidazole rings is 1. The molecule has 1 fully saturated rings. The lowest BCUT2D eigenvalue weighted by Crippen LogP contribution is -2.35. The Morgan fingerprint density at radius 1 is 1.25 bits per heavy atom. The lowest BCUT2D eigenvalue weighted by Gasteiger charge is -2.32. The lowest BCUT2D eigenvalue weighted by atomic mass is 9.94. The molecule has 2 aromatic heterocycles. The molecule has 1 saturated heterocycles. The van der Waals surface area contributed by atoms with Crippen molar-refractivity contribution in [3.05, 3.63) is 35.6 Å². The Balaban J connectivity index is 1.67. The van der Waals surface area contributed by atoms with Crippen molar-refractivity contribution < 1.29 is 0 Å². The molecule has 8 heteroatoms. The Bertz CT molecular complexity index is 947. The van der Waals surface area contributed by atoms with Crippen molar-refractivity contribution in [3.63, 3.8) is 0 Å². The molecule has 3 N–H and O–H groups in total. The zero-order valence-electron chi connectivity index (χ0n) is 16.1. The zero-order valence-corrected chi connectivity index (χ0v) is 16.9. The molecule has 1 aromatic carbocycles. The highest BCUT2D eigenvalue weighted by Crippen LogP contribution is 2.29. The fourth-order valence-electron chi connectivity index (χ4n) is 3.75. The number of rotatable bonds is 6. The highest BCUT2D eigenvalue weighted by molar-refractivity contribution is 6.30. The summed E-state index contributed by atoms with van der Waals surface area (Å²) in [5, 5.41) is 4.06. The summed E-state index contributed by atoms with van der Waals surface area (Å²) in [5.41, 5.74) is 8.22. The molecule has 0 unspecified atom stereocenters. The molecule has 0 spiro atoms. The molecule has 0 bridgehead atoms. The maximum atomic E-state index is 6.14. The van der Waals surface area contributed by atoms with Crippen LogP contribution in [0, 0.1) is 5.92 Å². The highest BCUT2D eigenvalue weighted by Gasteiger charge is 2.23. The molecule has 7 nitrogen and oxygen atoms in total. The van der Waals surface area contributed by atoms with Crippen LogP contribution < -0.4 is 16.0 Å². The van der Waals surface area contributed by atoms with Crippen molar-refractivity contribution in [1.29, 1.82) is 0 Å². The number of nitrogens with two attached hydrogens (primary N) is 1.